The Labute approximate surface area is 125 Å². The van der Waals surface area contributed by atoms with Gasteiger partial charge >= 0.3 is 6.03 Å². The molecular weight excluding hydrogens is 328 g/mol. The molecule has 2 atom stereocenters. The molecular formula is C13H17BrN2O2S. The lowest BCUT2D eigenvalue weighted by molar-refractivity contribution is 0.0825. The number of hydrogen-bond donors (Lipinski definition) is 2. The molecule has 1 aromatic heterocycles. The van der Waals surface area contributed by atoms with Gasteiger partial charge in [-0.2, -0.15) is 0 Å². The number of thiophene rings is 1. The molecule has 1 aromatic rings. The summed E-state index contributed by atoms with van der Waals surface area (Å²) in [5.74, 6) is 0.668. The van der Waals surface area contributed by atoms with Gasteiger partial charge in [0, 0.05) is 11.5 Å². The smallest absolute Gasteiger partial charge is 0.315 e. The van der Waals surface area contributed by atoms with Gasteiger partial charge in [-0.25, -0.2) is 4.79 Å². The Hall–Kier alpha value is -0.590. The highest BCUT2D eigenvalue weighted by atomic mass is 79.9. The molecule has 4 nitrogen and oxygen atoms in total. The first-order chi connectivity index (χ1) is 9.22. The SMILES string of the molecule is O=C(NCc1ccc(Br)s1)N[C@@H]1CCO[C@@H]1C1CC1. The fraction of sp³-hybridized carbons (Fsp3) is 0.615. The number of urea groups is 1. The second-order valence-electron chi connectivity index (χ2n) is 5.10. The van der Waals surface area contributed by atoms with E-state index in [1.807, 2.05) is 12.1 Å². The van der Waals surface area contributed by atoms with Gasteiger partial charge in [0.2, 0.25) is 0 Å². The number of amides is 2. The van der Waals surface area contributed by atoms with Gasteiger partial charge < -0.3 is 15.4 Å². The lowest BCUT2D eigenvalue weighted by atomic mass is 10.1. The lowest BCUT2D eigenvalue weighted by Crippen LogP contribution is -2.46. The number of rotatable bonds is 4. The van der Waals surface area contributed by atoms with Crippen LogP contribution in [-0.4, -0.2) is 24.8 Å². The zero-order valence-corrected chi connectivity index (χ0v) is 12.9. The summed E-state index contributed by atoms with van der Waals surface area (Å²) >= 11 is 5.05. The molecule has 2 N–H and O–H groups in total. The quantitative estimate of drug-likeness (QED) is 0.882. The summed E-state index contributed by atoms with van der Waals surface area (Å²) in [5, 5.41) is 5.95. The van der Waals surface area contributed by atoms with E-state index < -0.39 is 0 Å². The number of carbonyl (C=O) groups excluding carboxylic acids is 1. The Morgan fingerprint density at radius 1 is 1.42 bits per heavy atom. The molecule has 2 aliphatic rings. The summed E-state index contributed by atoms with van der Waals surface area (Å²) < 4.78 is 6.80. The third kappa shape index (κ3) is 3.49. The zero-order valence-electron chi connectivity index (χ0n) is 10.5. The van der Waals surface area contributed by atoms with Gasteiger partial charge in [-0.05, 0) is 53.2 Å². The maximum atomic E-state index is 11.9. The van der Waals surface area contributed by atoms with Crippen LogP contribution < -0.4 is 10.6 Å². The highest BCUT2D eigenvalue weighted by Crippen LogP contribution is 2.38. The van der Waals surface area contributed by atoms with Crippen molar-refractivity contribution < 1.29 is 9.53 Å². The molecule has 19 heavy (non-hydrogen) atoms. The van der Waals surface area contributed by atoms with Crippen LogP contribution in [0.2, 0.25) is 0 Å². The lowest BCUT2D eigenvalue weighted by Gasteiger charge is -2.19. The van der Waals surface area contributed by atoms with Gasteiger partial charge in [-0.1, -0.05) is 0 Å². The zero-order chi connectivity index (χ0) is 13.2. The molecule has 0 aromatic carbocycles. The maximum Gasteiger partial charge on any atom is 0.315 e. The predicted octanol–water partition coefficient (Wildman–Crippen LogP) is 2.88. The molecule has 3 rings (SSSR count). The molecule has 0 spiro atoms. The summed E-state index contributed by atoms with van der Waals surface area (Å²) in [5.41, 5.74) is 0. The van der Waals surface area contributed by atoms with Crippen molar-refractivity contribution in [3.8, 4) is 0 Å². The van der Waals surface area contributed by atoms with Gasteiger partial charge in [0.25, 0.3) is 0 Å². The van der Waals surface area contributed by atoms with Crippen LogP contribution in [0.15, 0.2) is 15.9 Å². The molecule has 2 amide bonds. The second kappa shape index (κ2) is 5.81. The van der Waals surface area contributed by atoms with E-state index in [9.17, 15) is 4.79 Å². The summed E-state index contributed by atoms with van der Waals surface area (Å²) in [6, 6.07) is 4.10. The standard InChI is InChI=1S/C13H17BrN2O2S/c14-11-4-3-9(19-11)7-15-13(17)16-10-5-6-18-12(10)8-1-2-8/h3-4,8,10,12H,1-2,5-7H2,(H2,15,16,17)/t10-,12-/m1/s1. The Bertz CT molecular complexity index is 461. The molecule has 1 aliphatic carbocycles. The van der Waals surface area contributed by atoms with Crippen molar-refractivity contribution in [3.05, 3.63) is 20.8 Å². The van der Waals surface area contributed by atoms with E-state index in [4.69, 9.17) is 4.74 Å². The molecule has 104 valence electrons. The van der Waals surface area contributed by atoms with Crippen LogP contribution in [0.25, 0.3) is 0 Å². The summed E-state index contributed by atoms with van der Waals surface area (Å²) in [4.78, 5) is 13.0. The van der Waals surface area contributed by atoms with E-state index in [0.717, 1.165) is 21.7 Å². The van der Waals surface area contributed by atoms with Crippen LogP contribution in [0.4, 0.5) is 4.79 Å². The first-order valence-corrected chi connectivity index (χ1v) is 8.23. The molecule has 0 unspecified atom stereocenters. The van der Waals surface area contributed by atoms with E-state index in [-0.39, 0.29) is 18.2 Å². The Balaban J connectivity index is 1.45. The molecule has 1 saturated heterocycles. The van der Waals surface area contributed by atoms with Crippen molar-refractivity contribution in [1.82, 2.24) is 10.6 Å². The number of ether oxygens (including phenoxy) is 1. The normalized spacial score (nSPS) is 26.4. The summed E-state index contributed by atoms with van der Waals surface area (Å²) in [7, 11) is 0. The van der Waals surface area contributed by atoms with Gasteiger partial charge in [-0.3, -0.25) is 0 Å². The van der Waals surface area contributed by atoms with E-state index in [1.165, 1.54) is 12.8 Å². The third-order valence-corrected chi connectivity index (χ3v) is 5.21. The van der Waals surface area contributed by atoms with Crippen LogP contribution in [0.5, 0.6) is 0 Å². The van der Waals surface area contributed by atoms with Gasteiger partial charge in [-0.15, -0.1) is 11.3 Å². The van der Waals surface area contributed by atoms with Crippen molar-refractivity contribution in [2.45, 2.75) is 38.0 Å². The summed E-state index contributed by atoms with van der Waals surface area (Å²) in [6.45, 7) is 1.34. The Morgan fingerprint density at radius 3 is 2.95 bits per heavy atom. The number of nitrogens with one attached hydrogen (secondary N) is 2. The topological polar surface area (TPSA) is 50.4 Å². The highest BCUT2D eigenvalue weighted by molar-refractivity contribution is 9.11. The highest BCUT2D eigenvalue weighted by Gasteiger charge is 2.41. The number of halogens is 1. The Kier molecular flexibility index (Phi) is 4.10. The minimum absolute atomic E-state index is 0.0920. The van der Waals surface area contributed by atoms with Crippen LogP contribution in [0, 0.1) is 5.92 Å². The van der Waals surface area contributed by atoms with Crippen molar-refractivity contribution in [1.29, 1.82) is 0 Å². The second-order valence-corrected chi connectivity index (χ2v) is 7.65. The third-order valence-electron chi connectivity index (χ3n) is 3.59. The maximum absolute atomic E-state index is 11.9. The van der Waals surface area contributed by atoms with Gasteiger partial charge in [0.05, 0.1) is 22.5 Å². The van der Waals surface area contributed by atoms with E-state index in [1.54, 1.807) is 11.3 Å². The molecule has 1 aliphatic heterocycles. The average molecular weight is 345 g/mol. The molecule has 2 fully saturated rings. The molecule has 6 heteroatoms. The molecule has 0 bridgehead atoms. The minimum Gasteiger partial charge on any atom is -0.376 e. The average Bonchev–Trinajstić information content (AvgIpc) is 2.99. The Morgan fingerprint density at radius 2 is 2.26 bits per heavy atom. The first kappa shape index (κ1) is 13.4. The minimum atomic E-state index is -0.0920. The van der Waals surface area contributed by atoms with Crippen LogP contribution in [0.1, 0.15) is 24.1 Å². The van der Waals surface area contributed by atoms with Crippen molar-refractivity contribution in [3.63, 3.8) is 0 Å². The number of carbonyl (C=O) groups is 1. The van der Waals surface area contributed by atoms with Crippen molar-refractivity contribution in [2.24, 2.45) is 5.92 Å². The molecule has 1 saturated carbocycles. The van der Waals surface area contributed by atoms with E-state index in [0.29, 0.717) is 12.5 Å². The first-order valence-electron chi connectivity index (χ1n) is 6.62. The number of hydrogen-bond acceptors (Lipinski definition) is 3. The largest absolute Gasteiger partial charge is 0.376 e. The monoisotopic (exact) mass is 344 g/mol. The summed E-state index contributed by atoms with van der Waals surface area (Å²) in [6.07, 6.45) is 3.65. The fourth-order valence-corrected chi connectivity index (χ4v) is 3.91. The fourth-order valence-electron chi connectivity index (χ4n) is 2.49. The molecule has 2 heterocycles. The van der Waals surface area contributed by atoms with Crippen molar-refractivity contribution >= 4 is 33.3 Å². The van der Waals surface area contributed by atoms with Crippen LogP contribution >= 0.6 is 27.3 Å². The van der Waals surface area contributed by atoms with Gasteiger partial charge in [0.1, 0.15) is 0 Å². The predicted molar refractivity (Wildman–Crippen MR) is 78.3 cm³/mol. The van der Waals surface area contributed by atoms with Crippen LogP contribution in [0.3, 0.4) is 0 Å². The molecule has 0 radical (unpaired) electrons. The van der Waals surface area contributed by atoms with Gasteiger partial charge in [0.15, 0.2) is 0 Å². The van der Waals surface area contributed by atoms with Crippen LogP contribution in [-0.2, 0) is 11.3 Å². The van der Waals surface area contributed by atoms with Crippen molar-refractivity contribution in [2.75, 3.05) is 6.61 Å². The van der Waals surface area contributed by atoms with E-state index in [2.05, 4.69) is 26.6 Å². The van der Waals surface area contributed by atoms with E-state index >= 15 is 0 Å².